The van der Waals surface area contributed by atoms with Crippen LogP contribution in [0.4, 0.5) is 0 Å². The van der Waals surface area contributed by atoms with Gasteiger partial charge in [0, 0.05) is 6.42 Å². The van der Waals surface area contributed by atoms with Crippen LogP contribution in [0.1, 0.15) is 90.9 Å². The molecule has 9 heteroatoms. The Hall–Kier alpha value is -2.37. The smallest absolute Gasteiger partial charge is 0.220 e. The summed E-state index contributed by atoms with van der Waals surface area (Å²) >= 11 is 0. The van der Waals surface area contributed by atoms with Gasteiger partial charge in [-0.15, -0.1) is 0 Å². The first-order chi connectivity index (χ1) is 21.8. The third kappa shape index (κ3) is 19.0. The van der Waals surface area contributed by atoms with E-state index in [2.05, 4.69) is 79.9 Å². The fourth-order valence-electron chi connectivity index (χ4n) is 4.59. The molecule has 0 spiro atoms. The zero-order valence-electron chi connectivity index (χ0n) is 27.3. The van der Waals surface area contributed by atoms with Crippen molar-refractivity contribution in [1.82, 2.24) is 5.32 Å². The molecule has 1 aliphatic heterocycles. The van der Waals surface area contributed by atoms with Crippen LogP contribution >= 0.6 is 0 Å². The van der Waals surface area contributed by atoms with Crippen molar-refractivity contribution in [3.8, 4) is 0 Å². The molecule has 0 saturated carbocycles. The minimum Gasteiger partial charge on any atom is -0.394 e. The van der Waals surface area contributed by atoms with Crippen LogP contribution < -0.4 is 5.32 Å². The molecule has 256 valence electrons. The van der Waals surface area contributed by atoms with Gasteiger partial charge in [0.25, 0.3) is 0 Å². The SMILES string of the molecule is CC/C=C\C/C=C\C/C=C\C/C=C\C/C=C\C/C=C\CCC(=O)NC(COC1OC(CO)C(O)C(O)C1O)C(O)CCCCC. The Balaban J connectivity index is 2.38. The molecule has 1 saturated heterocycles. The molecule has 45 heavy (non-hydrogen) atoms. The van der Waals surface area contributed by atoms with Gasteiger partial charge in [-0.25, -0.2) is 0 Å². The summed E-state index contributed by atoms with van der Waals surface area (Å²) in [7, 11) is 0. The normalized spacial score (nSPS) is 24.3. The Labute approximate surface area is 270 Å². The van der Waals surface area contributed by atoms with Crippen LogP contribution in [0.5, 0.6) is 0 Å². The van der Waals surface area contributed by atoms with Crippen LogP contribution in [0, 0.1) is 0 Å². The van der Waals surface area contributed by atoms with Gasteiger partial charge in [-0.05, 0) is 51.4 Å². The van der Waals surface area contributed by atoms with Crippen molar-refractivity contribution < 1.29 is 39.8 Å². The predicted molar refractivity (Wildman–Crippen MR) is 179 cm³/mol. The standard InChI is InChI=1S/C36H59NO8/c1-3-5-7-8-9-10-11-12-13-14-15-16-17-18-19-20-21-22-24-26-32(40)37-29(30(39)25-23-6-4-2)28-44-36-35(43)34(42)33(41)31(27-38)45-36/h5,7,9-10,12-13,15-16,18-19,21-22,29-31,33-36,38-39,41-43H,3-4,6,8,11,14,17,20,23-28H2,1-2H3,(H,37,40)/b7-5-,10-9-,13-12-,16-15-,19-18-,22-21-. The van der Waals surface area contributed by atoms with Gasteiger partial charge < -0.3 is 40.3 Å². The molecular weight excluding hydrogens is 574 g/mol. The Morgan fingerprint density at radius 3 is 1.82 bits per heavy atom. The molecule has 0 aliphatic carbocycles. The lowest BCUT2D eigenvalue weighted by atomic mass is 9.99. The third-order valence-electron chi connectivity index (χ3n) is 7.34. The summed E-state index contributed by atoms with van der Waals surface area (Å²) in [6.07, 6.45) is 27.2. The summed E-state index contributed by atoms with van der Waals surface area (Å²) in [6, 6.07) is -0.757. The molecule has 1 heterocycles. The Morgan fingerprint density at radius 2 is 1.31 bits per heavy atom. The van der Waals surface area contributed by atoms with Crippen molar-refractivity contribution >= 4 is 5.91 Å². The Morgan fingerprint density at radius 1 is 0.778 bits per heavy atom. The molecule has 7 unspecified atom stereocenters. The molecule has 1 aliphatic rings. The van der Waals surface area contributed by atoms with E-state index < -0.39 is 49.5 Å². The molecule has 7 atom stereocenters. The summed E-state index contributed by atoms with van der Waals surface area (Å²) in [6.45, 7) is 3.45. The highest BCUT2D eigenvalue weighted by atomic mass is 16.7. The average Bonchev–Trinajstić information content (AvgIpc) is 3.03. The quantitative estimate of drug-likeness (QED) is 0.0662. The van der Waals surface area contributed by atoms with E-state index >= 15 is 0 Å². The second-order valence-electron chi connectivity index (χ2n) is 11.2. The van der Waals surface area contributed by atoms with Crippen LogP contribution in [0.3, 0.4) is 0 Å². The highest BCUT2D eigenvalue weighted by molar-refractivity contribution is 5.76. The molecule has 0 aromatic rings. The number of nitrogens with one attached hydrogen (secondary N) is 1. The second kappa shape index (κ2) is 26.8. The predicted octanol–water partition coefficient (Wildman–Crippen LogP) is 4.71. The van der Waals surface area contributed by atoms with Crippen molar-refractivity contribution in [3.05, 3.63) is 72.9 Å². The largest absolute Gasteiger partial charge is 0.394 e. The van der Waals surface area contributed by atoms with Crippen LogP contribution in [0.15, 0.2) is 72.9 Å². The van der Waals surface area contributed by atoms with Crippen molar-refractivity contribution in [2.24, 2.45) is 0 Å². The zero-order valence-corrected chi connectivity index (χ0v) is 27.3. The number of unbranched alkanes of at least 4 members (excludes halogenated alkanes) is 2. The highest BCUT2D eigenvalue weighted by Gasteiger charge is 2.44. The lowest BCUT2D eigenvalue weighted by molar-refractivity contribution is -0.302. The fourth-order valence-corrected chi connectivity index (χ4v) is 4.59. The van der Waals surface area contributed by atoms with Gasteiger partial charge in [0.15, 0.2) is 6.29 Å². The van der Waals surface area contributed by atoms with Crippen LogP contribution in [-0.2, 0) is 14.3 Å². The average molecular weight is 634 g/mol. The van der Waals surface area contributed by atoms with Crippen LogP contribution in [-0.4, -0.2) is 87.5 Å². The van der Waals surface area contributed by atoms with Crippen molar-refractivity contribution in [2.75, 3.05) is 13.2 Å². The summed E-state index contributed by atoms with van der Waals surface area (Å²) in [4.78, 5) is 12.6. The summed E-state index contributed by atoms with van der Waals surface area (Å²) in [5.74, 6) is -0.244. The number of aliphatic hydroxyl groups excluding tert-OH is 5. The number of allylic oxidation sites excluding steroid dienone is 12. The number of carbonyl (C=O) groups is 1. The summed E-state index contributed by atoms with van der Waals surface area (Å²) < 4.78 is 11.0. The Kier molecular flexibility index (Phi) is 24.2. The molecule has 0 radical (unpaired) electrons. The highest BCUT2D eigenvalue weighted by Crippen LogP contribution is 2.22. The maximum atomic E-state index is 12.6. The van der Waals surface area contributed by atoms with Crippen molar-refractivity contribution in [3.63, 3.8) is 0 Å². The van der Waals surface area contributed by atoms with Gasteiger partial charge in [-0.3, -0.25) is 4.79 Å². The fraction of sp³-hybridized carbons (Fsp3) is 0.639. The van der Waals surface area contributed by atoms with E-state index in [1.807, 2.05) is 12.2 Å². The second-order valence-corrected chi connectivity index (χ2v) is 11.2. The molecule has 0 bridgehead atoms. The van der Waals surface area contributed by atoms with Gasteiger partial charge in [0.05, 0.1) is 25.4 Å². The molecule has 0 aromatic heterocycles. The van der Waals surface area contributed by atoms with Crippen LogP contribution in [0.25, 0.3) is 0 Å². The minimum absolute atomic E-state index is 0.179. The van der Waals surface area contributed by atoms with Crippen molar-refractivity contribution in [1.29, 1.82) is 0 Å². The molecule has 1 fully saturated rings. The molecule has 6 N–H and O–H groups in total. The van der Waals surface area contributed by atoms with E-state index in [0.29, 0.717) is 12.8 Å². The third-order valence-corrected chi connectivity index (χ3v) is 7.34. The lowest BCUT2D eigenvalue weighted by Crippen LogP contribution is -2.60. The van der Waals surface area contributed by atoms with E-state index in [1.54, 1.807) is 0 Å². The van der Waals surface area contributed by atoms with E-state index in [4.69, 9.17) is 9.47 Å². The number of rotatable bonds is 24. The Bertz CT molecular complexity index is 926. The van der Waals surface area contributed by atoms with Gasteiger partial charge in [0.1, 0.15) is 24.4 Å². The number of amides is 1. The maximum Gasteiger partial charge on any atom is 0.220 e. The zero-order chi connectivity index (χ0) is 33.1. The molecule has 1 amide bonds. The number of aliphatic hydroxyl groups is 5. The van der Waals surface area contributed by atoms with Gasteiger partial charge in [-0.1, -0.05) is 106 Å². The first kappa shape index (κ1) is 40.7. The number of carbonyl (C=O) groups excluding carboxylic acids is 1. The van der Waals surface area contributed by atoms with E-state index in [1.165, 1.54) is 0 Å². The van der Waals surface area contributed by atoms with E-state index in [9.17, 15) is 30.3 Å². The topological polar surface area (TPSA) is 149 Å². The number of hydrogen-bond acceptors (Lipinski definition) is 8. The van der Waals surface area contributed by atoms with Gasteiger partial charge in [0.2, 0.25) is 5.91 Å². The first-order valence-corrected chi connectivity index (χ1v) is 16.6. The summed E-state index contributed by atoms with van der Waals surface area (Å²) in [5.41, 5.74) is 0. The van der Waals surface area contributed by atoms with Gasteiger partial charge in [-0.2, -0.15) is 0 Å². The summed E-state index contributed by atoms with van der Waals surface area (Å²) in [5, 5.41) is 53.2. The maximum absolute atomic E-state index is 12.6. The first-order valence-electron chi connectivity index (χ1n) is 16.6. The molecular formula is C36H59NO8. The van der Waals surface area contributed by atoms with Gasteiger partial charge >= 0.3 is 0 Å². The number of hydrogen-bond donors (Lipinski definition) is 6. The lowest BCUT2D eigenvalue weighted by Gasteiger charge is -2.40. The van der Waals surface area contributed by atoms with Crippen LogP contribution in [0.2, 0.25) is 0 Å². The number of ether oxygens (including phenoxy) is 2. The molecule has 9 nitrogen and oxygen atoms in total. The monoisotopic (exact) mass is 633 g/mol. The van der Waals surface area contributed by atoms with E-state index in [-0.39, 0.29) is 18.9 Å². The minimum atomic E-state index is -1.56. The van der Waals surface area contributed by atoms with Crippen molar-refractivity contribution in [2.45, 2.75) is 134 Å². The molecule has 0 aromatic carbocycles. The molecule has 1 rings (SSSR count). The van der Waals surface area contributed by atoms with E-state index in [0.717, 1.165) is 57.8 Å².